The number of carbonyl (C=O) groups is 1. The summed E-state index contributed by atoms with van der Waals surface area (Å²) in [6.45, 7) is 7.05. The summed E-state index contributed by atoms with van der Waals surface area (Å²) in [7, 11) is -4.06. The van der Waals surface area contributed by atoms with Crippen molar-refractivity contribution >= 4 is 16.0 Å². The third-order valence-electron chi connectivity index (χ3n) is 10.9. The van der Waals surface area contributed by atoms with Crippen molar-refractivity contribution in [1.82, 2.24) is 5.32 Å². The van der Waals surface area contributed by atoms with Crippen LogP contribution in [0.25, 0.3) is 0 Å². The van der Waals surface area contributed by atoms with Crippen LogP contribution in [0.5, 0.6) is 0 Å². The number of rotatable bonds is 7. The fourth-order valence-corrected chi connectivity index (χ4v) is 9.50. The molecule has 0 aromatic rings. The number of fused-ring (bicyclic) bond motifs is 5. The highest BCUT2D eigenvalue weighted by Gasteiger charge is 2.62. The van der Waals surface area contributed by atoms with E-state index in [2.05, 4.69) is 26.1 Å². The molecule has 0 aliphatic heterocycles. The Morgan fingerprint density at radius 1 is 1.03 bits per heavy atom. The van der Waals surface area contributed by atoms with E-state index in [1.165, 1.54) is 6.42 Å². The Hall–Kier alpha value is -0.700. The molecule has 4 aliphatic carbocycles. The van der Waals surface area contributed by atoms with Gasteiger partial charge in [-0.15, -0.1) is 0 Å². The van der Waals surface area contributed by atoms with Gasteiger partial charge in [-0.2, -0.15) is 8.42 Å². The number of hydrogen-bond donors (Lipinski definition) is 4. The van der Waals surface area contributed by atoms with E-state index >= 15 is 0 Å². The summed E-state index contributed by atoms with van der Waals surface area (Å²) in [5, 5.41) is 24.2. The molecule has 10 atom stereocenters. The van der Waals surface area contributed by atoms with Crippen LogP contribution < -0.4 is 5.32 Å². The van der Waals surface area contributed by atoms with E-state index < -0.39 is 15.9 Å². The van der Waals surface area contributed by atoms with Gasteiger partial charge in [-0.05, 0) is 104 Å². The molecule has 4 rings (SSSR count). The zero-order valence-corrected chi connectivity index (χ0v) is 21.9. The molecule has 4 N–H and O–H groups in total. The monoisotopic (exact) mass is 499 g/mol. The molecule has 1 amide bonds. The lowest BCUT2D eigenvalue weighted by atomic mass is 9.43. The Morgan fingerprint density at radius 3 is 2.41 bits per heavy atom. The van der Waals surface area contributed by atoms with Crippen molar-refractivity contribution in [2.24, 2.45) is 46.3 Å². The van der Waals surface area contributed by atoms with Crippen molar-refractivity contribution in [2.45, 2.75) is 97.2 Å². The Morgan fingerprint density at radius 2 is 1.71 bits per heavy atom. The maximum atomic E-state index is 12.2. The van der Waals surface area contributed by atoms with E-state index in [1.807, 2.05) is 0 Å². The largest absolute Gasteiger partial charge is 0.393 e. The molecule has 4 saturated carbocycles. The number of amides is 1. The summed E-state index contributed by atoms with van der Waals surface area (Å²) < 4.78 is 30.5. The molecule has 0 saturated heterocycles. The molecule has 0 bridgehead atoms. The van der Waals surface area contributed by atoms with E-state index in [1.54, 1.807) is 0 Å². The predicted molar refractivity (Wildman–Crippen MR) is 130 cm³/mol. The summed E-state index contributed by atoms with van der Waals surface area (Å²) in [5.41, 5.74) is 0.411. The Bertz CT molecular complexity index is 863. The van der Waals surface area contributed by atoms with Gasteiger partial charge >= 0.3 is 0 Å². The van der Waals surface area contributed by atoms with Crippen molar-refractivity contribution in [3.63, 3.8) is 0 Å². The Labute approximate surface area is 205 Å². The van der Waals surface area contributed by atoms with Gasteiger partial charge in [0.1, 0.15) is 0 Å². The predicted octanol–water partition coefficient (Wildman–Crippen LogP) is 3.40. The van der Waals surface area contributed by atoms with Crippen molar-refractivity contribution < 1.29 is 28.0 Å². The minimum atomic E-state index is -4.06. The highest BCUT2D eigenvalue weighted by Crippen LogP contribution is 2.68. The van der Waals surface area contributed by atoms with Crippen LogP contribution in [-0.4, -0.2) is 53.6 Å². The topological polar surface area (TPSA) is 124 Å². The van der Waals surface area contributed by atoms with Crippen LogP contribution in [-0.2, 0) is 14.9 Å². The van der Waals surface area contributed by atoms with E-state index in [4.69, 9.17) is 4.55 Å². The molecule has 8 heteroatoms. The second-order valence-electron chi connectivity index (χ2n) is 12.6. The average molecular weight is 500 g/mol. The third kappa shape index (κ3) is 4.94. The molecule has 0 spiro atoms. The summed E-state index contributed by atoms with van der Waals surface area (Å²) in [6.07, 6.45) is 8.87. The van der Waals surface area contributed by atoms with Gasteiger partial charge < -0.3 is 15.5 Å². The second-order valence-corrected chi connectivity index (χ2v) is 14.2. The van der Waals surface area contributed by atoms with Crippen molar-refractivity contribution in [2.75, 3.05) is 12.3 Å². The van der Waals surface area contributed by atoms with Gasteiger partial charge in [-0.1, -0.05) is 20.8 Å². The van der Waals surface area contributed by atoms with Crippen LogP contribution in [0.4, 0.5) is 0 Å². The molecule has 34 heavy (non-hydrogen) atoms. The Kier molecular flexibility index (Phi) is 7.47. The molecule has 0 radical (unpaired) electrons. The summed E-state index contributed by atoms with van der Waals surface area (Å²) in [6, 6.07) is 0. The van der Waals surface area contributed by atoms with Gasteiger partial charge in [0.15, 0.2) is 0 Å². The number of aliphatic hydroxyl groups is 2. The molecule has 7 nitrogen and oxygen atoms in total. The third-order valence-corrected chi connectivity index (χ3v) is 11.6. The summed E-state index contributed by atoms with van der Waals surface area (Å²) >= 11 is 0. The van der Waals surface area contributed by atoms with Gasteiger partial charge in [-0.25, -0.2) is 0 Å². The van der Waals surface area contributed by atoms with Crippen LogP contribution in [0.1, 0.15) is 85.0 Å². The maximum absolute atomic E-state index is 12.2. The van der Waals surface area contributed by atoms with Gasteiger partial charge in [0.2, 0.25) is 5.91 Å². The lowest BCUT2D eigenvalue weighted by Crippen LogP contribution is -2.58. The first-order chi connectivity index (χ1) is 15.8. The highest BCUT2D eigenvalue weighted by molar-refractivity contribution is 7.85. The maximum Gasteiger partial charge on any atom is 0.266 e. The minimum Gasteiger partial charge on any atom is -0.393 e. The SMILES string of the molecule is C[C@H](CCC(=O)NCCS(=O)(=O)O)[C@H]1CCC2C3C(CC[C@@]21C)[C@@]1(C)CC[C@@H](O)C[C@H]1C[C@@H]3O. The molecule has 196 valence electrons. The van der Waals surface area contributed by atoms with E-state index in [0.29, 0.717) is 41.9 Å². The molecule has 0 heterocycles. The lowest BCUT2D eigenvalue weighted by molar-refractivity contribution is -0.174. The summed E-state index contributed by atoms with van der Waals surface area (Å²) in [5.74, 6) is 2.10. The molecular weight excluding hydrogens is 454 g/mol. The first-order valence-electron chi connectivity index (χ1n) is 13.4. The molecule has 4 aliphatic rings. The molecule has 0 aromatic heterocycles. The molecule has 4 fully saturated rings. The normalized spacial score (nSPS) is 45.1. The van der Waals surface area contributed by atoms with Crippen molar-refractivity contribution in [3.8, 4) is 0 Å². The lowest BCUT2D eigenvalue weighted by Gasteiger charge is -2.62. The molecular formula is C26H45NO6S. The molecule has 0 aromatic carbocycles. The average Bonchev–Trinajstić information content (AvgIpc) is 3.09. The number of carbonyl (C=O) groups excluding carboxylic acids is 1. The number of hydrogen-bond acceptors (Lipinski definition) is 5. The molecule has 3 unspecified atom stereocenters. The summed E-state index contributed by atoms with van der Waals surface area (Å²) in [4.78, 5) is 12.2. The first-order valence-corrected chi connectivity index (χ1v) is 15.0. The number of nitrogens with one attached hydrogen (secondary N) is 1. The van der Waals surface area contributed by atoms with Gasteiger partial charge in [-0.3, -0.25) is 9.35 Å². The van der Waals surface area contributed by atoms with E-state index in [-0.39, 0.29) is 35.5 Å². The number of aliphatic hydroxyl groups excluding tert-OH is 2. The minimum absolute atomic E-state index is 0.0625. The smallest absolute Gasteiger partial charge is 0.266 e. The van der Waals surface area contributed by atoms with Crippen molar-refractivity contribution in [1.29, 1.82) is 0 Å². The zero-order chi connectivity index (χ0) is 24.9. The van der Waals surface area contributed by atoms with Crippen molar-refractivity contribution in [3.05, 3.63) is 0 Å². The van der Waals surface area contributed by atoms with Gasteiger partial charge in [0.25, 0.3) is 10.1 Å². The van der Waals surface area contributed by atoms with Crippen LogP contribution in [0.3, 0.4) is 0 Å². The van der Waals surface area contributed by atoms with Crippen LogP contribution >= 0.6 is 0 Å². The van der Waals surface area contributed by atoms with Gasteiger partial charge in [0, 0.05) is 13.0 Å². The fourth-order valence-electron chi connectivity index (χ4n) is 9.14. The van der Waals surface area contributed by atoms with E-state index in [0.717, 1.165) is 51.4 Å². The Balaban J connectivity index is 1.39. The van der Waals surface area contributed by atoms with Crippen LogP contribution in [0.2, 0.25) is 0 Å². The highest BCUT2D eigenvalue weighted by atomic mass is 32.2. The standard InChI is InChI=1S/C26H45NO6S/c1-16(4-7-23(30)27-12-13-34(31,32)33)19-5-6-20-24-21(9-11-26(19,20)3)25(2)10-8-18(28)14-17(25)15-22(24)29/h16-22,24,28-29H,4-15H2,1-3H3,(H,27,30)(H,31,32,33)/t16-,17+,18-,19-,20?,21?,22+,24?,25+,26-/m1/s1. The second kappa shape index (κ2) is 9.64. The fraction of sp³-hybridized carbons (Fsp3) is 0.962. The van der Waals surface area contributed by atoms with Gasteiger partial charge in [0.05, 0.1) is 18.0 Å². The first kappa shape index (κ1) is 26.4. The zero-order valence-electron chi connectivity index (χ0n) is 21.1. The van der Waals surface area contributed by atoms with Crippen LogP contribution in [0.15, 0.2) is 0 Å². The quantitative estimate of drug-likeness (QED) is 0.398. The van der Waals surface area contributed by atoms with E-state index in [9.17, 15) is 23.4 Å². The van der Waals surface area contributed by atoms with Crippen LogP contribution in [0, 0.1) is 46.3 Å².